The van der Waals surface area contributed by atoms with Crippen LogP contribution in [0.2, 0.25) is 0 Å². The van der Waals surface area contributed by atoms with Crippen LogP contribution in [0.5, 0.6) is 5.75 Å². The Balaban J connectivity index is 1.90. The first-order chi connectivity index (χ1) is 17.2. The molecule has 200 valence electrons. The summed E-state index contributed by atoms with van der Waals surface area (Å²) >= 11 is 0. The lowest BCUT2D eigenvalue weighted by Gasteiger charge is -2.37. The standard InChI is InChI=1S/C27H42N4O5/c1-6-13-28-27(34)29-21-11-12-23-22(14-21)26(33)30(4)16-24(35-5)18(2)15-31(19(3)17-36-23)25(32)20-9-7-8-10-20/h11-12,14,18-20,24H,6-10,13,15-17H2,1-5H3,(H2,28,29,34)/t18-,19-,24-/m1/s1. The number of rotatable bonds is 5. The number of hydrogen-bond donors (Lipinski definition) is 2. The molecule has 9 nitrogen and oxygen atoms in total. The average molecular weight is 503 g/mol. The van der Waals surface area contributed by atoms with Gasteiger partial charge in [0.1, 0.15) is 12.4 Å². The average Bonchev–Trinajstić information content (AvgIpc) is 3.41. The summed E-state index contributed by atoms with van der Waals surface area (Å²) in [6, 6.07) is 4.57. The fourth-order valence-corrected chi connectivity index (χ4v) is 4.98. The van der Waals surface area contributed by atoms with Gasteiger partial charge in [0.05, 0.1) is 17.7 Å². The molecule has 0 spiro atoms. The van der Waals surface area contributed by atoms with Crippen molar-refractivity contribution in [3.8, 4) is 5.75 Å². The first-order valence-electron chi connectivity index (χ1n) is 13.2. The fraction of sp³-hybridized carbons (Fsp3) is 0.667. The molecule has 9 heteroatoms. The third-order valence-corrected chi connectivity index (χ3v) is 7.23. The lowest BCUT2D eigenvalue weighted by Crippen LogP contribution is -2.50. The first kappa shape index (κ1) is 27.8. The summed E-state index contributed by atoms with van der Waals surface area (Å²) in [5.41, 5.74) is 0.859. The number of hydrogen-bond acceptors (Lipinski definition) is 5. The molecule has 1 aromatic carbocycles. The summed E-state index contributed by atoms with van der Waals surface area (Å²) in [5, 5.41) is 5.55. The van der Waals surface area contributed by atoms with Crippen molar-refractivity contribution in [2.75, 3.05) is 45.7 Å². The number of carbonyl (C=O) groups excluding carboxylic acids is 3. The van der Waals surface area contributed by atoms with Crippen molar-refractivity contribution in [1.29, 1.82) is 0 Å². The van der Waals surface area contributed by atoms with Gasteiger partial charge in [-0.3, -0.25) is 9.59 Å². The maximum Gasteiger partial charge on any atom is 0.319 e. The minimum absolute atomic E-state index is 0.0206. The van der Waals surface area contributed by atoms with Crippen LogP contribution in [0.25, 0.3) is 0 Å². The monoisotopic (exact) mass is 502 g/mol. The molecular weight excluding hydrogens is 460 g/mol. The summed E-state index contributed by atoms with van der Waals surface area (Å²) in [6.07, 6.45) is 4.65. The maximum absolute atomic E-state index is 13.5. The van der Waals surface area contributed by atoms with E-state index in [4.69, 9.17) is 9.47 Å². The molecule has 1 saturated carbocycles. The van der Waals surface area contributed by atoms with E-state index in [9.17, 15) is 14.4 Å². The van der Waals surface area contributed by atoms with E-state index in [1.807, 2.05) is 18.7 Å². The molecule has 1 aliphatic carbocycles. The van der Waals surface area contributed by atoms with Gasteiger partial charge in [-0.25, -0.2) is 4.79 Å². The number of ether oxygens (including phenoxy) is 2. The molecule has 3 atom stereocenters. The van der Waals surface area contributed by atoms with Gasteiger partial charge < -0.3 is 29.9 Å². The van der Waals surface area contributed by atoms with Crippen LogP contribution < -0.4 is 15.4 Å². The third-order valence-electron chi connectivity index (χ3n) is 7.23. The number of amides is 4. The van der Waals surface area contributed by atoms with Crippen molar-refractivity contribution >= 4 is 23.5 Å². The van der Waals surface area contributed by atoms with E-state index in [1.54, 1.807) is 37.3 Å². The van der Waals surface area contributed by atoms with E-state index < -0.39 is 0 Å². The molecule has 0 saturated heterocycles. The van der Waals surface area contributed by atoms with Crippen molar-refractivity contribution < 1.29 is 23.9 Å². The molecule has 2 aliphatic rings. The van der Waals surface area contributed by atoms with Crippen molar-refractivity contribution in [2.24, 2.45) is 11.8 Å². The minimum Gasteiger partial charge on any atom is -0.491 e. The lowest BCUT2D eigenvalue weighted by molar-refractivity contribution is -0.139. The number of anilines is 1. The van der Waals surface area contributed by atoms with Gasteiger partial charge in [-0.15, -0.1) is 0 Å². The summed E-state index contributed by atoms with van der Waals surface area (Å²) < 4.78 is 11.9. The highest BCUT2D eigenvalue weighted by atomic mass is 16.5. The van der Waals surface area contributed by atoms with Gasteiger partial charge in [0, 0.05) is 51.3 Å². The van der Waals surface area contributed by atoms with Gasteiger partial charge >= 0.3 is 6.03 Å². The fourth-order valence-electron chi connectivity index (χ4n) is 4.98. The Kier molecular flexibility index (Phi) is 9.98. The number of fused-ring (bicyclic) bond motifs is 1. The lowest BCUT2D eigenvalue weighted by atomic mass is 9.99. The van der Waals surface area contributed by atoms with E-state index in [0.29, 0.717) is 36.6 Å². The highest BCUT2D eigenvalue weighted by Gasteiger charge is 2.34. The van der Waals surface area contributed by atoms with Crippen LogP contribution in [0.3, 0.4) is 0 Å². The molecule has 1 fully saturated rings. The normalized spacial score (nSPS) is 23.8. The summed E-state index contributed by atoms with van der Waals surface area (Å²) in [6.45, 7) is 7.77. The van der Waals surface area contributed by atoms with Gasteiger partial charge in [0.25, 0.3) is 5.91 Å². The second kappa shape index (κ2) is 12.9. The molecular formula is C27H42N4O5. The van der Waals surface area contributed by atoms with E-state index in [1.165, 1.54) is 0 Å². The number of urea groups is 1. The Morgan fingerprint density at radius 1 is 1.17 bits per heavy atom. The molecule has 1 aromatic rings. The second-order valence-electron chi connectivity index (χ2n) is 10.2. The summed E-state index contributed by atoms with van der Waals surface area (Å²) in [7, 11) is 3.38. The predicted molar refractivity (Wildman–Crippen MR) is 139 cm³/mol. The molecule has 2 N–H and O–H groups in total. The quantitative estimate of drug-likeness (QED) is 0.639. The topological polar surface area (TPSA) is 100 Å². The van der Waals surface area contributed by atoms with Crippen molar-refractivity contribution in [2.45, 2.75) is 65.0 Å². The zero-order valence-electron chi connectivity index (χ0n) is 22.3. The van der Waals surface area contributed by atoms with Crippen LogP contribution in [0.1, 0.15) is 63.2 Å². The molecule has 36 heavy (non-hydrogen) atoms. The molecule has 0 unspecified atom stereocenters. The SMILES string of the molecule is CCCNC(=O)Nc1ccc2c(c1)C(=O)N(C)C[C@@H](OC)[C@H](C)CN(C(=O)C1CCCC1)[C@H](C)CO2. The van der Waals surface area contributed by atoms with Gasteiger partial charge in [0.15, 0.2) is 0 Å². The highest BCUT2D eigenvalue weighted by molar-refractivity contribution is 5.99. The van der Waals surface area contributed by atoms with Crippen LogP contribution in [-0.4, -0.2) is 80.2 Å². The second-order valence-corrected chi connectivity index (χ2v) is 10.2. The van der Waals surface area contributed by atoms with E-state index in [2.05, 4.69) is 17.6 Å². The summed E-state index contributed by atoms with van der Waals surface area (Å²) in [4.78, 5) is 42.6. The number of carbonyl (C=O) groups is 3. The van der Waals surface area contributed by atoms with Crippen LogP contribution in [0, 0.1) is 11.8 Å². The van der Waals surface area contributed by atoms with Crippen molar-refractivity contribution in [3.63, 3.8) is 0 Å². The minimum atomic E-state index is -0.324. The molecule has 1 heterocycles. The molecule has 1 aliphatic heterocycles. The third kappa shape index (κ3) is 6.90. The van der Waals surface area contributed by atoms with Gasteiger partial charge in [0.2, 0.25) is 5.91 Å². The van der Waals surface area contributed by atoms with Crippen molar-refractivity contribution in [1.82, 2.24) is 15.1 Å². The number of methoxy groups -OCH3 is 1. The molecule has 3 rings (SSSR count). The maximum atomic E-state index is 13.5. The van der Waals surface area contributed by atoms with E-state index in [0.717, 1.165) is 32.1 Å². The van der Waals surface area contributed by atoms with Gasteiger partial charge in [-0.2, -0.15) is 0 Å². The number of nitrogens with zero attached hydrogens (tertiary/aromatic N) is 2. The Labute approximate surface area is 214 Å². The smallest absolute Gasteiger partial charge is 0.319 e. The Morgan fingerprint density at radius 3 is 2.56 bits per heavy atom. The summed E-state index contributed by atoms with van der Waals surface area (Å²) in [5.74, 6) is 0.479. The van der Waals surface area contributed by atoms with E-state index in [-0.39, 0.29) is 48.4 Å². The highest BCUT2D eigenvalue weighted by Crippen LogP contribution is 2.30. The number of likely N-dealkylation sites (N-methyl/N-ethyl adjacent to an activating group) is 1. The largest absolute Gasteiger partial charge is 0.491 e. The van der Waals surface area contributed by atoms with Crippen LogP contribution in [0.15, 0.2) is 18.2 Å². The molecule has 0 aromatic heterocycles. The van der Waals surface area contributed by atoms with E-state index >= 15 is 0 Å². The Hall–Kier alpha value is -2.81. The molecule has 0 radical (unpaired) electrons. The zero-order valence-corrected chi connectivity index (χ0v) is 22.3. The first-order valence-corrected chi connectivity index (χ1v) is 13.2. The van der Waals surface area contributed by atoms with Gasteiger partial charge in [-0.1, -0.05) is 26.7 Å². The van der Waals surface area contributed by atoms with Crippen molar-refractivity contribution in [3.05, 3.63) is 23.8 Å². The Morgan fingerprint density at radius 2 is 1.89 bits per heavy atom. The Bertz CT molecular complexity index is 917. The van der Waals surface area contributed by atoms with Crippen LogP contribution in [-0.2, 0) is 9.53 Å². The van der Waals surface area contributed by atoms with Gasteiger partial charge in [-0.05, 0) is 44.4 Å². The molecule has 4 amide bonds. The number of benzene rings is 1. The van der Waals surface area contributed by atoms with Crippen LogP contribution in [0.4, 0.5) is 10.5 Å². The predicted octanol–water partition coefficient (Wildman–Crippen LogP) is 3.74. The zero-order chi connectivity index (χ0) is 26.2. The molecule has 0 bridgehead atoms. The van der Waals surface area contributed by atoms with Crippen LogP contribution >= 0.6 is 0 Å². The number of nitrogens with one attached hydrogen (secondary N) is 2.